The third kappa shape index (κ3) is 4.92. The molecule has 1 aliphatic rings. The number of amides is 1. The number of oxime groups is 1. The molecule has 0 bridgehead atoms. The summed E-state index contributed by atoms with van der Waals surface area (Å²) in [6.07, 6.45) is 3.73. The molecular formula is C22H22ClN5O3. The monoisotopic (exact) mass is 439 g/mol. The maximum atomic E-state index is 12.0. The second-order valence-corrected chi connectivity index (χ2v) is 7.61. The third-order valence-electron chi connectivity index (χ3n) is 5.08. The summed E-state index contributed by atoms with van der Waals surface area (Å²) in [6, 6.07) is 14.7. The lowest BCUT2D eigenvalue weighted by atomic mass is 10.2. The number of carbonyl (C=O) groups excluding carboxylic acids is 1. The highest BCUT2D eigenvalue weighted by molar-refractivity contribution is 6.33. The van der Waals surface area contributed by atoms with Crippen LogP contribution in [0, 0.1) is 0 Å². The summed E-state index contributed by atoms with van der Waals surface area (Å²) in [7, 11) is 0. The number of azo groups is 1. The lowest BCUT2D eigenvalue weighted by molar-refractivity contribution is -0.122. The van der Waals surface area contributed by atoms with Gasteiger partial charge in [0.05, 0.1) is 18.4 Å². The summed E-state index contributed by atoms with van der Waals surface area (Å²) >= 11 is 6.03. The van der Waals surface area contributed by atoms with Gasteiger partial charge in [-0.25, -0.2) is 0 Å². The van der Waals surface area contributed by atoms with Gasteiger partial charge in [0.2, 0.25) is 5.88 Å². The highest BCUT2D eigenvalue weighted by atomic mass is 35.5. The van der Waals surface area contributed by atoms with Crippen molar-refractivity contribution in [1.29, 1.82) is 0 Å². The molecule has 0 radical (unpaired) electrons. The zero-order chi connectivity index (χ0) is 21.6. The Hall–Kier alpha value is -3.23. The molecule has 8 nitrogen and oxygen atoms in total. The van der Waals surface area contributed by atoms with E-state index in [1.54, 1.807) is 16.7 Å². The molecule has 31 heavy (non-hydrogen) atoms. The van der Waals surface area contributed by atoms with Crippen molar-refractivity contribution >= 4 is 40.3 Å². The van der Waals surface area contributed by atoms with Crippen molar-refractivity contribution in [2.24, 2.45) is 15.4 Å². The number of hydrogen-bond acceptors (Lipinski definition) is 6. The van der Waals surface area contributed by atoms with Gasteiger partial charge in [-0.05, 0) is 38.1 Å². The van der Waals surface area contributed by atoms with Gasteiger partial charge in [-0.15, -0.1) is 10.2 Å². The van der Waals surface area contributed by atoms with Crippen LogP contribution in [0.25, 0.3) is 10.9 Å². The molecule has 0 spiro atoms. The standard InChI is InChI=1S/C22H22ClN5O3/c23-18-9-3-1-7-16(18)13-24-31-14-20(29)25-26-21-17-8-2-4-10-19(17)28(22(21)30)15-27-11-5-6-12-27/h1-4,7-10,13,30H,5-6,11-12,14-15H2/b24-13-,26-25?. The summed E-state index contributed by atoms with van der Waals surface area (Å²) in [4.78, 5) is 19.3. The average Bonchev–Trinajstić information content (AvgIpc) is 3.38. The molecule has 0 atom stereocenters. The lowest BCUT2D eigenvalue weighted by Crippen LogP contribution is -2.22. The van der Waals surface area contributed by atoms with Crippen LogP contribution in [0.15, 0.2) is 63.9 Å². The van der Waals surface area contributed by atoms with Crippen molar-refractivity contribution in [3.8, 4) is 5.88 Å². The Morgan fingerprint density at radius 2 is 1.87 bits per heavy atom. The highest BCUT2D eigenvalue weighted by Gasteiger charge is 2.20. The number of carbonyl (C=O) groups is 1. The molecule has 4 rings (SSSR count). The molecule has 1 N–H and O–H groups in total. The molecule has 1 aromatic heterocycles. The highest BCUT2D eigenvalue weighted by Crippen LogP contribution is 2.39. The minimum atomic E-state index is -0.618. The average molecular weight is 440 g/mol. The molecule has 0 unspecified atom stereocenters. The number of aromatic hydroxyl groups is 1. The first kappa shape index (κ1) is 21.0. The van der Waals surface area contributed by atoms with Crippen molar-refractivity contribution in [2.45, 2.75) is 19.5 Å². The molecule has 160 valence electrons. The summed E-state index contributed by atoms with van der Waals surface area (Å²) in [5.74, 6) is -0.630. The molecule has 2 heterocycles. The number of benzene rings is 2. The van der Waals surface area contributed by atoms with Crippen molar-refractivity contribution < 1.29 is 14.7 Å². The van der Waals surface area contributed by atoms with E-state index in [4.69, 9.17) is 16.4 Å². The van der Waals surface area contributed by atoms with Gasteiger partial charge in [-0.1, -0.05) is 53.2 Å². The van der Waals surface area contributed by atoms with E-state index in [1.165, 1.54) is 6.21 Å². The topological polar surface area (TPSA) is 91.8 Å². The van der Waals surface area contributed by atoms with E-state index >= 15 is 0 Å². The van der Waals surface area contributed by atoms with Crippen LogP contribution < -0.4 is 0 Å². The Kier molecular flexibility index (Phi) is 6.59. The maximum absolute atomic E-state index is 12.0. The minimum absolute atomic E-state index is 0.0118. The maximum Gasteiger partial charge on any atom is 0.304 e. The van der Waals surface area contributed by atoms with Crippen LogP contribution in [0.4, 0.5) is 5.69 Å². The SMILES string of the molecule is O=C(CO/N=C\c1ccccc1Cl)N=Nc1c(O)n(CN2CCCC2)c2ccccc12. The number of aromatic nitrogens is 1. The van der Waals surface area contributed by atoms with Gasteiger partial charge in [0.15, 0.2) is 12.3 Å². The first-order valence-electron chi connectivity index (χ1n) is 10.0. The molecule has 1 saturated heterocycles. The number of rotatable bonds is 7. The summed E-state index contributed by atoms with van der Waals surface area (Å²) in [6.45, 7) is 2.17. The molecule has 1 amide bonds. The van der Waals surface area contributed by atoms with Gasteiger partial charge < -0.3 is 9.94 Å². The Morgan fingerprint density at radius 3 is 2.68 bits per heavy atom. The van der Waals surface area contributed by atoms with Crippen molar-refractivity contribution in [2.75, 3.05) is 19.7 Å². The van der Waals surface area contributed by atoms with Crippen molar-refractivity contribution in [3.05, 3.63) is 59.1 Å². The summed E-state index contributed by atoms with van der Waals surface area (Å²) < 4.78 is 1.80. The van der Waals surface area contributed by atoms with Gasteiger partial charge >= 0.3 is 5.91 Å². The third-order valence-corrected chi connectivity index (χ3v) is 5.42. The van der Waals surface area contributed by atoms with E-state index in [0.29, 0.717) is 17.3 Å². The summed E-state index contributed by atoms with van der Waals surface area (Å²) in [5, 5.41) is 23.5. The molecule has 0 aliphatic carbocycles. The fourth-order valence-corrected chi connectivity index (χ4v) is 3.72. The normalized spacial score (nSPS) is 14.9. The van der Waals surface area contributed by atoms with E-state index in [1.807, 2.05) is 36.4 Å². The van der Waals surface area contributed by atoms with Crippen LogP contribution in [-0.2, 0) is 16.3 Å². The Bertz CT molecular complexity index is 1140. The predicted octanol–water partition coefficient (Wildman–Crippen LogP) is 4.71. The van der Waals surface area contributed by atoms with Crippen LogP contribution >= 0.6 is 11.6 Å². The van der Waals surface area contributed by atoms with Crippen LogP contribution in [0.2, 0.25) is 5.02 Å². The molecular weight excluding hydrogens is 418 g/mol. The van der Waals surface area contributed by atoms with E-state index in [9.17, 15) is 9.90 Å². The van der Waals surface area contributed by atoms with Gasteiger partial charge in [0.25, 0.3) is 0 Å². The lowest BCUT2D eigenvalue weighted by Gasteiger charge is -2.17. The first-order chi connectivity index (χ1) is 15.1. The second kappa shape index (κ2) is 9.72. The van der Waals surface area contributed by atoms with Gasteiger partial charge in [-0.2, -0.15) is 0 Å². The first-order valence-corrected chi connectivity index (χ1v) is 10.4. The van der Waals surface area contributed by atoms with Crippen molar-refractivity contribution in [1.82, 2.24) is 9.47 Å². The van der Waals surface area contributed by atoms with Gasteiger partial charge in [0, 0.05) is 16.0 Å². The van der Waals surface area contributed by atoms with E-state index in [2.05, 4.69) is 20.3 Å². The molecule has 1 fully saturated rings. The van der Waals surface area contributed by atoms with Gasteiger partial charge in [-0.3, -0.25) is 14.3 Å². The fourth-order valence-electron chi connectivity index (χ4n) is 3.54. The fraction of sp³-hybridized carbons (Fsp3) is 0.273. The van der Waals surface area contributed by atoms with Crippen LogP contribution in [-0.4, -0.2) is 46.4 Å². The zero-order valence-corrected chi connectivity index (χ0v) is 17.6. The Balaban J connectivity index is 1.44. The quantitative estimate of drug-likeness (QED) is 0.327. The molecule has 3 aromatic rings. The van der Waals surface area contributed by atoms with E-state index in [-0.39, 0.29) is 18.2 Å². The van der Waals surface area contributed by atoms with Crippen LogP contribution in [0.5, 0.6) is 5.88 Å². The number of likely N-dealkylation sites (tertiary alicyclic amines) is 1. The predicted molar refractivity (Wildman–Crippen MR) is 119 cm³/mol. The number of nitrogens with zero attached hydrogens (tertiary/aromatic N) is 5. The van der Waals surface area contributed by atoms with Crippen LogP contribution in [0.1, 0.15) is 18.4 Å². The zero-order valence-electron chi connectivity index (χ0n) is 16.8. The molecule has 1 aliphatic heterocycles. The van der Waals surface area contributed by atoms with Gasteiger partial charge in [0.1, 0.15) is 0 Å². The second-order valence-electron chi connectivity index (χ2n) is 7.21. The summed E-state index contributed by atoms with van der Waals surface area (Å²) in [5.41, 5.74) is 1.78. The largest absolute Gasteiger partial charge is 0.493 e. The number of halogens is 1. The van der Waals surface area contributed by atoms with E-state index < -0.39 is 5.91 Å². The Labute approximate surface area is 184 Å². The smallest absolute Gasteiger partial charge is 0.304 e. The molecule has 9 heteroatoms. The minimum Gasteiger partial charge on any atom is -0.493 e. The van der Waals surface area contributed by atoms with E-state index in [0.717, 1.165) is 36.8 Å². The van der Waals surface area contributed by atoms with Crippen molar-refractivity contribution in [3.63, 3.8) is 0 Å². The molecule has 0 saturated carbocycles. The number of hydrogen-bond donors (Lipinski definition) is 1. The number of fused-ring (bicyclic) bond motifs is 1. The Morgan fingerprint density at radius 1 is 1.13 bits per heavy atom. The van der Waals surface area contributed by atoms with Crippen LogP contribution in [0.3, 0.4) is 0 Å². The molecule has 2 aromatic carbocycles. The number of para-hydroxylation sites is 1.